The van der Waals surface area contributed by atoms with Crippen LogP contribution < -0.4 is 9.64 Å². The Bertz CT molecular complexity index is 979. The van der Waals surface area contributed by atoms with E-state index in [4.69, 9.17) is 9.73 Å². The number of benzene rings is 2. The highest BCUT2D eigenvalue weighted by molar-refractivity contribution is 6.14. The normalized spacial score (nSPS) is 10.3. The zero-order valence-electron chi connectivity index (χ0n) is 16.3. The highest BCUT2D eigenvalue weighted by Gasteiger charge is 2.25. The average Bonchev–Trinajstić information content (AvgIpc) is 2.77. The minimum Gasteiger partial charge on any atom is -0.489 e. The molecular formula is C22H21N4O3. The molecule has 0 saturated carbocycles. The summed E-state index contributed by atoms with van der Waals surface area (Å²) in [5.74, 6) is -0.0792. The van der Waals surface area contributed by atoms with E-state index < -0.39 is 4.92 Å². The summed E-state index contributed by atoms with van der Waals surface area (Å²) in [6.45, 7) is 4.31. The number of ether oxygens (including phenoxy) is 1. The third-order valence-corrected chi connectivity index (χ3v) is 4.38. The first kappa shape index (κ1) is 20.0. The maximum absolute atomic E-state index is 11.5. The standard InChI is InChI=1S/C22H21N4O3/c1-4-25(2)18-15-19(29-3)22(26(27)28)24-21(18)23-20(16-11-7-5-8-12-16)17-13-9-6-10-14-17/h5-15H,1,4H2,2-3H3. The molecule has 3 aromatic rings. The van der Waals surface area contributed by atoms with E-state index in [0.717, 1.165) is 11.1 Å². The smallest absolute Gasteiger partial charge is 0.408 e. The molecule has 0 aliphatic heterocycles. The summed E-state index contributed by atoms with van der Waals surface area (Å²) < 4.78 is 5.17. The molecule has 0 unspecified atom stereocenters. The molecule has 7 heteroatoms. The number of nitrogens with zero attached hydrogens (tertiary/aromatic N) is 4. The molecule has 0 spiro atoms. The zero-order valence-corrected chi connectivity index (χ0v) is 16.3. The van der Waals surface area contributed by atoms with E-state index in [1.165, 1.54) is 7.11 Å². The molecule has 1 radical (unpaired) electrons. The Balaban J connectivity index is 2.28. The Hall–Kier alpha value is -3.74. The maximum Gasteiger partial charge on any atom is 0.408 e. The summed E-state index contributed by atoms with van der Waals surface area (Å²) >= 11 is 0. The fourth-order valence-electron chi connectivity index (χ4n) is 2.82. The van der Waals surface area contributed by atoms with Crippen molar-refractivity contribution >= 4 is 23.0 Å². The summed E-state index contributed by atoms with van der Waals surface area (Å²) in [5, 5.41) is 11.5. The number of hydrogen-bond acceptors (Lipinski definition) is 6. The van der Waals surface area contributed by atoms with E-state index in [1.807, 2.05) is 72.6 Å². The van der Waals surface area contributed by atoms with Crippen molar-refractivity contribution in [1.82, 2.24) is 4.98 Å². The van der Waals surface area contributed by atoms with Crippen molar-refractivity contribution in [2.75, 3.05) is 25.6 Å². The first-order valence-electron chi connectivity index (χ1n) is 8.98. The molecule has 0 amide bonds. The SMILES string of the molecule is [CH2]CN(C)c1cc(OC)c([N+](=O)[O-])nc1N=C(c1ccccc1)c1ccccc1. The van der Waals surface area contributed by atoms with Gasteiger partial charge in [-0.2, -0.15) is 0 Å². The lowest BCUT2D eigenvalue weighted by atomic mass is 10.0. The van der Waals surface area contributed by atoms with Crippen molar-refractivity contribution in [3.05, 3.63) is 94.9 Å². The fraction of sp³-hybridized carbons (Fsp3) is 0.136. The molecule has 147 valence electrons. The topological polar surface area (TPSA) is 80.9 Å². The summed E-state index contributed by atoms with van der Waals surface area (Å²) in [4.78, 5) is 21.7. The van der Waals surface area contributed by atoms with Gasteiger partial charge < -0.3 is 19.8 Å². The molecule has 0 aliphatic rings. The monoisotopic (exact) mass is 389 g/mol. The van der Waals surface area contributed by atoms with E-state index in [1.54, 1.807) is 6.07 Å². The van der Waals surface area contributed by atoms with Gasteiger partial charge in [0, 0.05) is 30.8 Å². The molecule has 0 fully saturated rings. The molecule has 0 aliphatic carbocycles. The average molecular weight is 389 g/mol. The number of nitro groups is 1. The van der Waals surface area contributed by atoms with Crippen LogP contribution in [0.15, 0.2) is 71.7 Å². The highest BCUT2D eigenvalue weighted by atomic mass is 16.6. The first-order valence-corrected chi connectivity index (χ1v) is 8.98. The third kappa shape index (κ3) is 4.40. The number of pyridine rings is 1. The third-order valence-electron chi connectivity index (χ3n) is 4.38. The van der Waals surface area contributed by atoms with Crippen LogP contribution in [0.25, 0.3) is 0 Å². The summed E-state index contributed by atoms with van der Waals surface area (Å²) in [5.41, 5.74) is 3.01. The van der Waals surface area contributed by atoms with Crippen LogP contribution in [0.3, 0.4) is 0 Å². The molecule has 0 atom stereocenters. The largest absolute Gasteiger partial charge is 0.489 e. The molecule has 7 nitrogen and oxygen atoms in total. The molecule has 0 saturated heterocycles. The lowest BCUT2D eigenvalue weighted by molar-refractivity contribution is -0.390. The van der Waals surface area contributed by atoms with E-state index in [9.17, 15) is 10.1 Å². The van der Waals surface area contributed by atoms with Gasteiger partial charge >= 0.3 is 5.82 Å². The van der Waals surface area contributed by atoms with Crippen LogP contribution in [-0.2, 0) is 0 Å². The van der Waals surface area contributed by atoms with Gasteiger partial charge in [0.05, 0.1) is 12.8 Å². The summed E-state index contributed by atoms with van der Waals surface area (Å²) in [6.07, 6.45) is 0. The van der Waals surface area contributed by atoms with Crippen molar-refractivity contribution in [3.8, 4) is 5.75 Å². The van der Waals surface area contributed by atoms with Gasteiger partial charge in [-0.25, -0.2) is 4.99 Å². The van der Waals surface area contributed by atoms with Crippen molar-refractivity contribution in [2.24, 2.45) is 4.99 Å². The Morgan fingerprint density at radius 2 is 1.69 bits per heavy atom. The highest BCUT2D eigenvalue weighted by Crippen LogP contribution is 2.36. The molecule has 3 rings (SSSR count). The second kappa shape index (κ2) is 8.97. The molecule has 1 heterocycles. The van der Waals surface area contributed by atoms with Gasteiger partial charge in [-0.15, -0.1) is 0 Å². The Morgan fingerprint density at radius 1 is 1.14 bits per heavy atom. The van der Waals surface area contributed by atoms with Gasteiger partial charge in [0.1, 0.15) is 5.69 Å². The zero-order chi connectivity index (χ0) is 20.8. The second-order valence-electron chi connectivity index (χ2n) is 6.23. The molecule has 2 aromatic carbocycles. The number of hydrogen-bond donors (Lipinski definition) is 0. The van der Waals surface area contributed by atoms with Gasteiger partial charge in [0.15, 0.2) is 0 Å². The van der Waals surface area contributed by atoms with Crippen LogP contribution in [0.1, 0.15) is 11.1 Å². The first-order chi connectivity index (χ1) is 14.0. The van der Waals surface area contributed by atoms with E-state index >= 15 is 0 Å². The van der Waals surface area contributed by atoms with Crippen LogP contribution in [0, 0.1) is 17.0 Å². The van der Waals surface area contributed by atoms with E-state index in [2.05, 4.69) is 11.9 Å². The van der Waals surface area contributed by atoms with Crippen molar-refractivity contribution in [2.45, 2.75) is 0 Å². The Morgan fingerprint density at radius 3 is 2.14 bits per heavy atom. The van der Waals surface area contributed by atoms with Crippen LogP contribution in [0.4, 0.5) is 17.3 Å². The number of anilines is 1. The quantitative estimate of drug-likeness (QED) is 0.339. The molecule has 1 aromatic heterocycles. The number of methoxy groups -OCH3 is 1. The minimum absolute atomic E-state index is 0.0743. The summed E-state index contributed by atoms with van der Waals surface area (Å²) in [6, 6.07) is 20.8. The van der Waals surface area contributed by atoms with Gasteiger partial charge in [0.2, 0.25) is 5.75 Å². The predicted molar refractivity (Wildman–Crippen MR) is 114 cm³/mol. The van der Waals surface area contributed by atoms with Crippen molar-refractivity contribution in [3.63, 3.8) is 0 Å². The van der Waals surface area contributed by atoms with E-state index in [-0.39, 0.29) is 17.4 Å². The minimum atomic E-state index is -0.573. The maximum atomic E-state index is 11.5. The fourth-order valence-corrected chi connectivity index (χ4v) is 2.82. The Labute approximate surface area is 169 Å². The van der Waals surface area contributed by atoms with Crippen molar-refractivity contribution in [1.29, 1.82) is 0 Å². The van der Waals surface area contributed by atoms with Crippen LogP contribution >= 0.6 is 0 Å². The lowest BCUT2D eigenvalue weighted by Gasteiger charge is -2.17. The predicted octanol–water partition coefficient (Wildman–Crippen LogP) is 4.44. The molecule has 0 N–H and O–H groups in total. The van der Waals surface area contributed by atoms with Gasteiger partial charge in [-0.05, 0) is 16.8 Å². The number of rotatable bonds is 7. The van der Waals surface area contributed by atoms with Crippen LogP contribution in [0.5, 0.6) is 5.75 Å². The van der Waals surface area contributed by atoms with Gasteiger partial charge in [-0.3, -0.25) is 0 Å². The number of aromatic nitrogens is 1. The van der Waals surface area contributed by atoms with E-state index in [0.29, 0.717) is 17.9 Å². The van der Waals surface area contributed by atoms with Crippen molar-refractivity contribution < 1.29 is 9.66 Å². The number of aliphatic imine (C=N–C) groups is 1. The molecule has 0 bridgehead atoms. The summed E-state index contributed by atoms with van der Waals surface area (Å²) in [7, 11) is 3.19. The Kier molecular flexibility index (Phi) is 6.19. The van der Waals surface area contributed by atoms with Gasteiger partial charge in [0.25, 0.3) is 5.82 Å². The molecule has 29 heavy (non-hydrogen) atoms. The second-order valence-corrected chi connectivity index (χ2v) is 6.23. The van der Waals surface area contributed by atoms with Crippen LogP contribution in [0.2, 0.25) is 0 Å². The van der Waals surface area contributed by atoms with Gasteiger partial charge in [-0.1, -0.05) is 60.7 Å². The van der Waals surface area contributed by atoms with Crippen LogP contribution in [-0.4, -0.2) is 36.3 Å². The molecular weight excluding hydrogens is 368 g/mol. The lowest BCUT2D eigenvalue weighted by Crippen LogP contribution is -2.17.